The molecule has 0 radical (unpaired) electrons. The van der Waals surface area contributed by atoms with Crippen molar-refractivity contribution in [1.82, 2.24) is 9.55 Å². The van der Waals surface area contributed by atoms with E-state index in [0.29, 0.717) is 5.82 Å². The molecule has 0 bridgehead atoms. The summed E-state index contributed by atoms with van der Waals surface area (Å²) in [6.07, 6.45) is 0. The van der Waals surface area contributed by atoms with Crippen LogP contribution in [0, 0.1) is 5.82 Å². The summed E-state index contributed by atoms with van der Waals surface area (Å²) in [7, 11) is 1.89. The molecule has 19 heavy (non-hydrogen) atoms. The third-order valence-electron chi connectivity index (χ3n) is 3.21. The fourth-order valence-corrected chi connectivity index (χ4v) is 2.22. The van der Waals surface area contributed by atoms with Crippen molar-refractivity contribution in [1.29, 1.82) is 0 Å². The van der Waals surface area contributed by atoms with E-state index in [4.69, 9.17) is 5.11 Å². The summed E-state index contributed by atoms with van der Waals surface area (Å²) in [5.74, 6) is 0.435. The Morgan fingerprint density at radius 1 is 1.21 bits per heavy atom. The predicted molar refractivity (Wildman–Crippen MR) is 72.0 cm³/mol. The maximum Gasteiger partial charge on any atom is 0.140 e. The summed E-state index contributed by atoms with van der Waals surface area (Å²) >= 11 is 0. The molecule has 2 aromatic carbocycles. The molecule has 0 aliphatic rings. The van der Waals surface area contributed by atoms with E-state index in [2.05, 4.69) is 4.98 Å². The van der Waals surface area contributed by atoms with Crippen molar-refractivity contribution in [2.45, 2.75) is 6.61 Å². The Kier molecular flexibility index (Phi) is 2.80. The number of fused-ring (bicyclic) bond motifs is 1. The van der Waals surface area contributed by atoms with Gasteiger partial charge in [0, 0.05) is 12.6 Å². The molecule has 0 spiro atoms. The van der Waals surface area contributed by atoms with Gasteiger partial charge < -0.3 is 9.67 Å². The van der Waals surface area contributed by atoms with Gasteiger partial charge in [-0.1, -0.05) is 18.2 Å². The van der Waals surface area contributed by atoms with Crippen LogP contribution in [0.2, 0.25) is 0 Å². The Morgan fingerprint density at radius 2 is 2.05 bits per heavy atom. The van der Waals surface area contributed by atoms with E-state index in [-0.39, 0.29) is 12.4 Å². The van der Waals surface area contributed by atoms with Crippen LogP contribution in [0.3, 0.4) is 0 Å². The number of imidazole rings is 1. The van der Waals surface area contributed by atoms with Crippen molar-refractivity contribution in [3.05, 3.63) is 53.8 Å². The quantitative estimate of drug-likeness (QED) is 0.765. The van der Waals surface area contributed by atoms with E-state index in [9.17, 15) is 4.39 Å². The van der Waals surface area contributed by atoms with Gasteiger partial charge in [0.1, 0.15) is 11.6 Å². The lowest BCUT2D eigenvalue weighted by atomic mass is 10.2. The monoisotopic (exact) mass is 256 g/mol. The van der Waals surface area contributed by atoms with Gasteiger partial charge in [0.05, 0.1) is 17.6 Å². The number of nitrogens with zero attached hydrogens (tertiary/aromatic N) is 2. The SMILES string of the molecule is Cn1c(-c2cccc(F)c2)nc2ccc(CO)cc21. The molecule has 0 fully saturated rings. The zero-order chi connectivity index (χ0) is 13.4. The van der Waals surface area contributed by atoms with Crippen LogP contribution >= 0.6 is 0 Å². The van der Waals surface area contributed by atoms with Crippen LogP contribution in [0.15, 0.2) is 42.5 Å². The molecule has 1 heterocycles. The second-order valence-corrected chi connectivity index (χ2v) is 4.49. The van der Waals surface area contributed by atoms with Crippen LogP contribution in [0.25, 0.3) is 22.4 Å². The third kappa shape index (κ3) is 2.00. The normalized spacial score (nSPS) is 11.1. The lowest BCUT2D eigenvalue weighted by Gasteiger charge is -2.03. The van der Waals surface area contributed by atoms with E-state index >= 15 is 0 Å². The van der Waals surface area contributed by atoms with Gasteiger partial charge >= 0.3 is 0 Å². The van der Waals surface area contributed by atoms with Crippen molar-refractivity contribution in [3.63, 3.8) is 0 Å². The lowest BCUT2D eigenvalue weighted by Crippen LogP contribution is -1.93. The minimum atomic E-state index is -0.277. The Hall–Kier alpha value is -2.20. The molecule has 1 aromatic heterocycles. The Balaban J connectivity index is 2.22. The van der Waals surface area contributed by atoms with Crippen LogP contribution in [-0.4, -0.2) is 14.7 Å². The highest BCUT2D eigenvalue weighted by atomic mass is 19.1. The minimum Gasteiger partial charge on any atom is -0.392 e. The third-order valence-corrected chi connectivity index (χ3v) is 3.21. The van der Waals surface area contributed by atoms with Gasteiger partial charge in [0.15, 0.2) is 0 Å². The maximum atomic E-state index is 13.3. The van der Waals surface area contributed by atoms with E-state index in [1.54, 1.807) is 6.07 Å². The summed E-state index contributed by atoms with van der Waals surface area (Å²) in [6.45, 7) is -0.00355. The second kappa shape index (κ2) is 4.48. The largest absolute Gasteiger partial charge is 0.392 e. The number of halogens is 1. The molecule has 0 unspecified atom stereocenters. The fraction of sp³-hybridized carbons (Fsp3) is 0.133. The number of rotatable bonds is 2. The second-order valence-electron chi connectivity index (χ2n) is 4.49. The highest BCUT2D eigenvalue weighted by Crippen LogP contribution is 2.24. The van der Waals surface area contributed by atoms with Gasteiger partial charge in [-0.2, -0.15) is 0 Å². The standard InChI is InChI=1S/C15H13FN2O/c1-18-14-7-10(9-19)5-6-13(14)17-15(18)11-3-2-4-12(16)8-11/h2-8,19H,9H2,1H3. The van der Waals surface area contributed by atoms with Crippen LogP contribution in [0.1, 0.15) is 5.56 Å². The summed E-state index contributed by atoms with van der Waals surface area (Å²) in [5.41, 5.74) is 3.33. The number of hydrogen-bond acceptors (Lipinski definition) is 2. The van der Waals surface area contributed by atoms with Gasteiger partial charge in [0.25, 0.3) is 0 Å². The first-order valence-electron chi connectivity index (χ1n) is 6.01. The number of aliphatic hydroxyl groups excluding tert-OH is 1. The van der Waals surface area contributed by atoms with Gasteiger partial charge in [-0.15, -0.1) is 0 Å². The molecular weight excluding hydrogens is 243 g/mol. The van der Waals surface area contributed by atoms with Crippen molar-refractivity contribution in [2.75, 3.05) is 0 Å². The molecule has 96 valence electrons. The minimum absolute atomic E-state index is 0.00355. The van der Waals surface area contributed by atoms with Crippen LogP contribution < -0.4 is 0 Å². The van der Waals surface area contributed by atoms with E-state index in [0.717, 1.165) is 22.2 Å². The van der Waals surface area contributed by atoms with E-state index in [1.807, 2.05) is 35.9 Å². The average Bonchev–Trinajstić information content (AvgIpc) is 2.76. The molecule has 0 amide bonds. The molecule has 0 saturated heterocycles. The van der Waals surface area contributed by atoms with Gasteiger partial charge in [-0.3, -0.25) is 0 Å². The molecule has 3 rings (SSSR count). The van der Waals surface area contributed by atoms with Gasteiger partial charge in [-0.25, -0.2) is 9.37 Å². The molecule has 4 heteroatoms. The number of hydrogen-bond donors (Lipinski definition) is 1. The summed E-state index contributed by atoms with van der Waals surface area (Å²) < 4.78 is 15.2. The summed E-state index contributed by atoms with van der Waals surface area (Å²) in [4.78, 5) is 4.51. The summed E-state index contributed by atoms with van der Waals surface area (Å²) in [5, 5.41) is 9.17. The molecule has 0 atom stereocenters. The van der Waals surface area contributed by atoms with Gasteiger partial charge in [-0.05, 0) is 29.8 Å². The van der Waals surface area contributed by atoms with E-state index < -0.39 is 0 Å². The number of benzene rings is 2. The van der Waals surface area contributed by atoms with Crippen LogP contribution in [0.4, 0.5) is 4.39 Å². The zero-order valence-corrected chi connectivity index (χ0v) is 10.5. The average molecular weight is 256 g/mol. The predicted octanol–water partition coefficient (Wildman–Crippen LogP) is 2.87. The Morgan fingerprint density at radius 3 is 2.79 bits per heavy atom. The molecule has 3 nitrogen and oxygen atoms in total. The topological polar surface area (TPSA) is 38.0 Å². The van der Waals surface area contributed by atoms with Crippen molar-refractivity contribution < 1.29 is 9.50 Å². The highest BCUT2D eigenvalue weighted by molar-refractivity contribution is 5.81. The Labute approximate surface area is 109 Å². The first-order chi connectivity index (χ1) is 9.19. The summed E-state index contributed by atoms with van der Waals surface area (Å²) in [6, 6.07) is 12.0. The number of aliphatic hydroxyl groups is 1. The first-order valence-corrected chi connectivity index (χ1v) is 6.01. The van der Waals surface area contributed by atoms with Crippen molar-refractivity contribution >= 4 is 11.0 Å². The lowest BCUT2D eigenvalue weighted by molar-refractivity contribution is 0.282. The molecule has 1 N–H and O–H groups in total. The molecule has 0 aliphatic heterocycles. The number of aryl methyl sites for hydroxylation is 1. The maximum absolute atomic E-state index is 13.3. The number of aromatic nitrogens is 2. The Bertz CT molecular complexity index is 749. The molecular formula is C15H13FN2O. The van der Waals surface area contributed by atoms with Crippen molar-refractivity contribution in [3.8, 4) is 11.4 Å². The van der Waals surface area contributed by atoms with Crippen molar-refractivity contribution in [2.24, 2.45) is 7.05 Å². The smallest absolute Gasteiger partial charge is 0.140 e. The van der Waals surface area contributed by atoms with Crippen LogP contribution in [0.5, 0.6) is 0 Å². The van der Waals surface area contributed by atoms with Gasteiger partial charge in [0.2, 0.25) is 0 Å². The zero-order valence-electron chi connectivity index (χ0n) is 10.5. The van der Waals surface area contributed by atoms with Crippen LogP contribution in [-0.2, 0) is 13.7 Å². The fourth-order valence-electron chi connectivity index (χ4n) is 2.22. The molecule has 3 aromatic rings. The highest BCUT2D eigenvalue weighted by Gasteiger charge is 2.10. The first kappa shape index (κ1) is 11.9. The van der Waals surface area contributed by atoms with E-state index in [1.165, 1.54) is 12.1 Å². The molecule has 0 aliphatic carbocycles. The molecule has 0 saturated carbocycles.